The fraction of sp³-hybridized carbons (Fsp3) is 0.727. The summed E-state index contributed by atoms with van der Waals surface area (Å²) in [5, 5.41) is 0. The third kappa shape index (κ3) is 7.80. The van der Waals surface area contributed by atoms with E-state index in [4.69, 9.17) is 9.47 Å². The number of hydrogen-bond acceptors (Lipinski definition) is 3. The van der Waals surface area contributed by atoms with Gasteiger partial charge in [0.1, 0.15) is 0 Å². The smallest absolute Gasteiger partial charge is 0.332 e. The summed E-state index contributed by atoms with van der Waals surface area (Å²) in [6.07, 6.45) is 5.28. The van der Waals surface area contributed by atoms with Gasteiger partial charge in [-0.3, -0.25) is 0 Å². The average molecular weight is 200 g/mol. The van der Waals surface area contributed by atoms with E-state index in [1.165, 1.54) is 19.3 Å². The highest BCUT2D eigenvalue weighted by atomic mass is 16.7. The van der Waals surface area contributed by atoms with E-state index in [9.17, 15) is 4.79 Å². The summed E-state index contributed by atoms with van der Waals surface area (Å²) >= 11 is 0. The molecule has 0 aromatic carbocycles. The van der Waals surface area contributed by atoms with Crippen molar-refractivity contribution in [2.45, 2.75) is 45.8 Å². The Bertz CT molecular complexity index is 166. The van der Waals surface area contributed by atoms with Crippen LogP contribution in [0.5, 0.6) is 0 Å². The second kappa shape index (κ2) is 8.75. The first-order chi connectivity index (χ1) is 6.70. The van der Waals surface area contributed by atoms with Crippen molar-refractivity contribution >= 4 is 5.97 Å². The van der Waals surface area contributed by atoms with E-state index in [1.54, 1.807) is 6.92 Å². The van der Waals surface area contributed by atoms with Crippen LogP contribution in [-0.4, -0.2) is 18.9 Å². The molecule has 0 saturated heterocycles. The normalized spacial score (nSPS) is 12.1. The van der Waals surface area contributed by atoms with Crippen molar-refractivity contribution in [3.8, 4) is 0 Å². The Morgan fingerprint density at radius 1 is 1.43 bits per heavy atom. The summed E-state index contributed by atoms with van der Waals surface area (Å²) < 4.78 is 10.1. The molecule has 0 spiro atoms. The van der Waals surface area contributed by atoms with Gasteiger partial charge >= 0.3 is 5.97 Å². The summed E-state index contributed by atoms with van der Waals surface area (Å²) in [6, 6.07) is 0. The van der Waals surface area contributed by atoms with Gasteiger partial charge in [-0.25, -0.2) is 4.79 Å². The molecule has 0 N–H and O–H groups in total. The zero-order chi connectivity index (χ0) is 10.8. The molecule has 0 aromatic rings. The molecule has 3 nitrogen and oxygen atoms in total. The molecule has 0 rings (SSSR count). The van der Waals surface area contributed by atoms with Crippen LogP contribution in [0.3, 0.4) is 0 Å². The summed E-state index contributed by atoms with van der Waals surface area (Å²) in [4.78, 5) is 10.7. The minimum Gasteiger partial charge on any atom is -0.433 e. The number of unbranched alkanes of at least 4 members (excludes halogenated alkanes) is 3. The first-order valence-electron chi connectivity index (χ1n) is 5.15. The fourth-order valence-electron chi connectivity index (χ4n) is 1.02. The highest BCUT2D eigenvalue weighted by molar-refractivity contribution is 5.81. The number of ether oxygens (including phenoxy) is 2. The van der Waals surface area contributed by atoms with Gasteiger partial charge in [-0.2, -0.15) is 0 Å². The van der Waals surface area contributed by atoms with Crippen molar-refractivity contribution in [2.75, 3.05) is 6.61 Å². The van der Waals surface area contributed by atoms with E-state index in [0.717, 1.165) is 12.5 Å². The molecule has 0 fully saturated rings. The van der Waals surface area contributed by atoms with Crippen molar-refractivity contribution in [2.24, 2.45) is 0 Å². The van der Waals surface area contributed by atoms with Crippen molar-refractivity contribution in [3.05, 3.63) is 12.7 Å². The third-order valence-corrected chi connectivity index (χ3v) is 1.80. The predicted molar refractivity (Wildman–Crippen MR) is 55.8 cm³/mol. The van der Waals surface area contributed by atoms with Crippen LogP contribution in [0.4, 0.5) is 0 Å². The van der Waals surface area contributed by atoms with Gasteiger partial charge in [0.2, 0.25) is 0 Å². The predicted octanol–water partition coefficient (Wildman–Crippen LogP) is 2.66. The van der Waals surface area contributed by atoms with Crippen molar-refractivity contribution < 1.29 is 14.3 Å². The minimum absolute atomic E-state index is 0.439. The van der Waals surface area contributed by atoms with Crippen LogP contribution in [0.2, 0.25) is 0 Å². The van der Waals surface area contributed by atoms with Crippen LogP contribution in [0.25, 0.3) is 0 Å². The maximum Gasteiger partial charge on any atom is 0.332 e. The van der Waals surface area contributed by atoms with Gasteiger partial charge in [0.25, 0.3) is 0 Å². The largest absolute Gasteiger partial charge is 0.433 e. The van der Waals surface area contributed by atoms with Crippen LogP contribution in [0, 0.1) is 0 Å². The molecule has 0 saturated carbocycles. The van der Waals surface area contributed by atoms with Gasteiger partial charge in [-0.1, -0.05) is 32.8 Å². The molecule has 0 amide bonds. The summed E-state index contributed by atoms with van der Waals surface area (Å²) in [5.41, 5.74) is 0. The Morgan fingerprint density at radius 3 is 2.71 bits per heavy atom. The Hall–Kier alpha value is -0.830. The van der Waals surface area contributed by atoms with Gasteiger partial charge in [0.15, 0.2) is 6.29 Å². The van der Waals surface area contributed by atoms with Gasteiger partial charge in [0.05, 0.1) is 6.61 Å². The molecule has 0 aliphatic heterocycles. The van der Waals surface area contributed by atoms with Gasteiger partial charge in [-0.05, 0) is 13.3 Å². The SMILES string of the molecule is C=CC(=O)OC(C)OCCCCCC. The highest BCUT2D eigenvalue weighted by Gasteiger charge is 2.05. The molecule has 0 radical (unpaired) electrons. The maximum atomic E-state index is 10.7. The number of rotatable bonds is 8. The third-order valence-electron chi connectivity index (χ3n) is 1.80. The molecule has 1 atom stereocenters. The van der Waals surface area contributed by atoms with Crippen LogP contribution >= 0.6 is 0 Å². The molecule has 0 heterocycles. The monoisotopic (exact) mass is 200 g/mol. The quantitative estimate of drug-likeness (QED) is 0.261. The number of carbonyl (C=O) groups excluding carboxylic acids is 1. The first kappa shape index (κ1) is 13.2. The molecule has 0 aromatic heterocycles. The van der Waals surface area contributed by atoms with Gasteiger partial charge in [-0.15, -0.1) is 0 Å². The van der Waals surface area contributed by atoms with E-state index in [1.807, 2.05) is 0 Å². The molecule has 14 heavy (non-hydrogen) atoms. The second-order valence-electron chi connectivity index (χ2n) is 3.14. The van der Waals surface area contributed by atoms with E-state index < -0.39 is 12.3 Å². The number of esters is 1. The fourth-order valence-corrected chi connectivity index (χ4v) is 1.02. The summed E-state index contributed by atoms with van der Waals surface area (Å²) in [7, 11) is 0. The molecular formula is C11H20O3. The lowest BCUT2D eigenvalue weighted by Crippen LogP contribution is -2.17. The maximum absolute atomic E-state index is 10.7. The molecule has 0 aliphatic rings. The topological polar surface area (TPSA) is 35.5 Å². The summed E-state index contributed by atoms with van der Waals surface area (Å²) in [5.74, 6) is -0.439. The molecule has 1 unspecified atom stereocenters. The van der Waals surface area contributed by atoms with Gasteiger partial charge < -0.3 is 9.47 Å². The highest BCUT2D eigenvalue weighted by Crippen LogP contribution is 2.01. The molecule has 3 heteroatoms. The number of carbonyl (C=O) groups is 1. The molecule has 0 aliphatic carbocycles. The van der Waals surface area contributed by atoms with E-state index in [-0.39, 0.29) is 0 Å². The zero-order valence-electron chi connectivity index (χ0n) is 9.12. The van der Waals surface area contributed by atoms with Crippen LogP contribution in [0.1, 0.15) is 39.5 Å². The Labute approximate surface area is 86.1 Å². The van der Waals surface area contributed by atoms with Crippen molar-refractivity contribution in [3.63, 3.8) is 0 Å². The standard InChI is InChI=1S/C11H20O3/c1-4-6-7-8-9-13-10(3)14-11(12)5-2/h5,10H,2,4,6-9H2,1,3H3. The lowest BCUT2D eigenvalue weighted by Gasteiger charge is -2.12. The first-order valence-corrected chi connectivity index (χ1v) is 5.15. The van der Waals surface area contributed by atoms with Crippen LogP contribution in [0.15, 0.2) is 12.7 Å². The molecule has 82 valence electrons. The molecule has 0 bridgehead atoms. The zero-order valence-corrected chi connectivity index (χ0v) is 9.12. The van der Waals surface area contributed by atoms with Crippen molar-refractivity contribution in [1.29, 1.82) is 0 Å². The minimum atomic E-state index is -0.470. The van der Waals surface area contributed by atoms with E-state index >= 15 is 0 Å². The Balaban J connectivity index is 3.30. The van der Waals surface area contributed by atoms with E-state index in [0.29, 0.717) is 6.61 Å². The Morgan fingerprint density at radius 2 is 2.14 bits per heavy atom. The second-order valence-corrected chi connectivity index (χ2v) is 3.14. The summed E-state index contributed by atoms with van der Waals surface area (Å²) in [6.45, 7) is 7.82. The average Bonchev–Trinajstić information content (AvgIpc) is 2.17. The Kier molecular flexibility index (Phi) is 8.24. The van der Waals surface area contributed by atoms with Gasteiger partial charge in [0, 0.05) is 6.08 Å². The van der Waals surface area contributed by atoms with Crippen LogP contribution in [-0.2, 0) is 14.3 Å². The number of hydrogen-bond donors (Lipinski definition) is 0. The molecular weight excluding hydrogens is 180 g/mol. The van der Waals surface area contributed by atoms with Crippen molar-refractivity contribution in [1.82, 2.24) is 0 Å². The van der Waals surface area contributed by atoms with E-state index in [2.05, 4.69) is 13.5 Å². The van der Waals surface area contributed by atoms with Crippen LogP contribution < -0.4 is 0 Å². The lowest BCUT2D eigenvalue weighted by atomic mass is 10.2. The lowest BCUT2D eigenvalue weighted by molar-refractivity contribution is -0.168.